The normalized spacial score (nSPS) is 15.7. The number of carbonyl (C=O) groups excluding carboxylic acids is 2. The predicted octanol–water partition coefficient (Wildman–Crippen LogP) is 4.73. The fourth-order valence-electron chi connectivity index (χ4n) is 4.22. The Balaban J connectivity index is 2.07. The van der Waals surface area contributed by atoms with E-state index in [-0.39, 0.29) is 29.2 Å². The lowest BCUT2D eigenvalue weighted by Gasteiger charge is -2.37. The Hall–Kier alpha value is -3.42. The lowest BCUT2D eigenvalue weighted by molar-refractivity contribution is -0.385. The Morgan fingerprint density at radius 1 is 1.18 bits per heavy atom. The molecule has 0 fully saturated rings. The second kappa shape index (κ2) is 8.84. The number of nitro groups is 1. The van der Waals surface area contributed by atoms with Gasteiger partial charge in [0, 0.05) is 30.8 Å². The molecule has 0 saturated heterocycles. The fourth-order valence-corrected chi connectivity index (χ4v) is 4.22. The van der Waals surface area contributed by atoms with Gasteiger partial charge in [-0.15, -0.1) is 0 Å². The summed E-state index contributed by atoms with van der Waals surface area (Å²) < 4.78 is 0. The molecule has 1 heterocycles. The summed E-state index contributed by atoms with van der Waals surface area (Å²) in [7, 11) is 0. The average Bonchev–Trinajstić information content (AvgIpc) is 2.73. The minimum Gasteiger partial charge on any atom is -0.507 e. The molecule has 0 spiro atoms. The molecule has 2 amide bonds. The van der Waals surface area contributed by atoms with Gasteiger partial charge in [-0.05, 0) is 66.5 Å². The molecule has 1 aliphatic rings. The third kappa shape index (κ3) is 4.99. The Bertz CT molecular complexity index is 1130. The number of phenols is 1. The third-order valence-corrected chi connectivity index (χ3v) is 6.13. The summed E-state index contributed by atoms with van der Waals surface area (Å²) >= 11 is 0. The van der Waals surface area contributed by atoms with Crippen LogP contribution in [0, 0.1) is 36.3 Å². The van der Waals surface area contributed by atoms with E-state index in [0.717, 1.165) is 5.56 Å². The number of nitrogens with zero attached hydrogens (tertiary/aromatic N) is 2. The van der Waals surface area contributed by atoms with Crippen LogP contribution in [0.25, 0.3) is 0 Å². The van der Waals surface area contributed by atoms with E-state index in [1.165, 1.54) is 17.0 Å². The molecule has 0 radical (unpaired) electrons. The number of benzene rings is 2. The van der Waals surface area contributed by atoms with Crippen molar-refractivity contribution in [2.24, 2.45) is 5.41 Å². The van der Waals surface area contributed by atoms with Crippen molar-refractivity contribution < 1.29 is 19.6 Å². The molecule has 0 saturated carbocycles. The van der Waals surface area contributed by atoms with Gasteiger partial charge in [0.05, 0.1) is 4.92 Å². The average molecular weight is 454 g/mol. The molecule has 33 heavy (non-hydrogen) atoms. The van der Waals surface area contributed by atoms with Crippen LogP contribution in [0.1, 0.15) is 61.1 Å². The van der Waals surface area contributed by atoms with Gasteiger partial charge in [-0.25, -0.2) is 0 Å². The van der Waals surface area contributed by atoms with E-state index in [9.17, 15) is 24.8 Å². The van der Waals surface area contributed by atoms with E-state index in [4.69, 9.17) is 0 Å². The molecule has 0 aliphatic carbocycles. The number of non-ortho nitro benzene ring substituents is 1. The molecule has 0 aromatic heterocycles. The van der Waals surface area contributed by atoms with Gasteiger partial charge in [0.25, 0.3) is 11.6 Å². The fraction of sp³-hybridized carbons (Fsp3) is 0.440. The molecule has 8 heteroatoms. The largest absolute Gasteiger partial charge is 0.507 e. The van der Waals surface area contributed by atoms with Gasteiger partial charge in [-0.2, -0.15) is 0 Å². The van der Waals surface area contributed by atoms with Crippen molar-refractivity contribution in [1.82, 2.24) is 4.90 Å². The van der Waals surface area contributed by atoms with Crippen LogP contribution in [0.5, 0.6) is 5.75 Å². The lowest BCUT2D eigenvalue weighted by Crippen LogP contribution is -2.46. The van der Waals surface area contributed by atoms with Gasteiger partial charge in [-0.1, -0.05) is 26.8 Å². The van der Waals surface area contributed by atoms with Crippen molar-refractivity contribution in [2.75, 3.05) is 11.9 Å². The van der Waals surface area contributed by atoms with Crippen molar-refractivity contribution in [2.45, 2.75) is 60.4 Å². The molecule has 1 unspecified atom stereocenters. The Labute approximate surface area is 193 Å². The number of nitro benzene ring substituents is 1. The highest BCUT2D eigenvalue weighted by Gasteiger charge is 2.38. The maximum absolute atomic E-state index is 13.6. The number of nitrogens with one attached hydrogen (secondary N) is 1. The molecular weight excluding hydrogens is 422 g/mol. The number of hydrogen-bond donors (Lipinski definition) is 2. The molecule has 176 valence electrons. The number of aromatic hydroxyl groups is 1. The minimum atomic E-state index is -0.989. The first-order chi connectivity index (χ1) is 15.3. The summed E-state index contributed by atoms with van der Waals surface area (Å²) in [6, 6.07) is 5.19. The Kier molecular flexibility index (Phi) is 6.49. The molecule has 3 rings (SSSR count). The smallest absolute Gasteiger partial charge is 0.269 e. The quantitative estimate of drug-likeness (QED) is 0.395. The van der Waals surface area contributed by atoms with Crippen LogP contribution in [0.4, 0.5) is 11.4 Å². The Morgan fingerprint density at radius 3 is 2.45 bits per heavy atom. The SMILES string of the molecule is Cc1cc(NC(=O)C2c3cc([N+](=O)[O-])ccc3CCN2C(=O)CC(C)(C)C)c(C)c(C)c1O. The monoisotopic (exact) mass is 453 g/mol. The highest BCUT2D eigenvalue weighted by Crippen LogP contribution is 2.36. The first-order valence-electron chi connectivity index (χ1n) is 11.0. The standard InChI is InChI=1S/C25H31N3O5/c1-14-11-20(15(2)16(3)23(14)30)26-24(31)22-19-12-18(28(32)33)8-7-17(19)9-10-27(22)21(29)13-25(4,5)6/h7-8,11-12,22,30H,9-10,13H2,1-6H3,(H,26,31). The minimum absolute atomic E-state index is 0.121. The molecule has 2 aromatic carbocycles. The lowest BCUT2D eigenvalue weighted by atomic mass is 9.88. The summed E-state index contributed by atoms with van der Waals surface area (Å²) in [6.45, 7) is 11.5. The van der Waals surface area contributed by atoms with E-state index >= 15 is 0 Å². The molecule has 0 bridgehead atoms. The van der Waals surface area contributed by atoms with Crippen LogP contribution in [-0.2, 0) is 16.0 Å². The number of aryl methyl sites for hydroxylation is 1. The number of anilines is 1. The maximum Gasteiger partial charge on any atom is 0.269 e. The van der Waals surface area contributed by atoms with Gasteiger partial charge in [0.1, 0.15) is 11.8 Å². The molecule has 1 atom stereocenters. The van der Waals surface area contributed by atoms with E-state index < -0.39 is 16.9 Å². The van der Waals surface area contributed by atoms with Gasteiger partial charge in [0.2, 0.25) is 5.91 Å². The summed E-state index contributed by atoms with van der Waals surface area (Å²) in [6.07, 6.45) is 0.765. The molecule has 2 aromatic rings. The van der Waals surface area contributed by atoms with Gasteiger partial charge in [0.15, 0.2) is 0 Å². The van der Waals surface area contributed by atoms with Crippen LogP contribution in [0.2, 0.25) is 0 Å². The number of carbonyl (C=O) groups is 2. The van der Waals surface area contributed by atoms with Crippen LogP contribution < -0.4 is 5.32 Å². The van der Waals surface area contributed by atoms with Crippen molar-refractivity contribution in [3.05, 3.63) is 62.2 Å². The van der Waals surface area contributed by atoms with E-state index in [2.05, 4.69) is 5.32 Å². The zero-order valence-corrected chi connectivity index (χ0v) is 20.0. The van der Waals surface area contributed by atoms with E-state index in [1.807, 2.05) is 20.8 Å². The zero-order valence-electron chi connectivity index (χ0n) is 20.0. The summed E-state index contributed by atoms with van der Waals surface area (Å²) in [4.78, 5) is 39.3. The van der Waals surface area contributed by atoms with Crippen LogP contribution in [0.15, 0.2) is 24.3 Å². The maximum atomic E-state index is 13.6. The molecular formula is C25H31N3O5. The van der Waals surface area contributed by atoms with Crippen LogP contribution in [-0.4, -0.2) is 33.3 Å². The van der Waals surface area contributed by atoms with Crippen molar-refractivity contribution in [3.63, 3.8) is 0 Å². The second-order valence-electron chi connectivity index (χ2n) is 9.95. The van der Waals surface area contributed by atoms with Gasteiger partial charge in [-0.3, -0.25) is 19.7 Å². The van der Waals surface area contributed by atoms with Gasteiger partial charge < -0.3 is 15.3 Å². The van der Waals surface area contributed by atoms with Crippen molar-refractivity contribution >= 4 is 23.2 Å². The molecule has 8 nitrogen and oxygen atoms in total. The predicted molar refractivity (Wildman–Crippen MR) is 126 cm³/mol. The molecule has 2 N–H and O–H groups in total. The van der Waals surface area contributed by atoms with Crippen molar-refractivity contribution in [1.29, 1.82) is 0 Å². The Morgan fingerprint density at radius 2 is 1.85 bits per heavy atom. The number of rotatable bonds is 4. The van der Waals surface area contributed by atoms with Crippen LogP contribution >= 0.6 is 0 Å². The van der Waals surface area contributed by atoms with E-state index in [0.29, 0.717) is 40.9 Å². The number of hydrogen-bond acceptors (Lipinski definition) is 5. The first kappa shape index (κ1) is 24.2. The summed E-state index contributed by atoms with van der Waals surface area (Å²) in [5.74, 6) is -0.438. The molecule has 1 aliphatic heterocycles. The van der Waals surface area contributed by atoms with Gasteiger partial charge >= 0.3 is 0 Å². The van der Waals surface area contributed by atoms with Crippen LogP contribution in [0.3, 0.4) is 0 Å². The van der Waals surface area contributed by atoms with Crippen molar-refractivity contribution in [3.8, 4) is 5.75 Å². The topological polar surface area (TPSA) is 113 Å². The highest BCUT2D eigenvalue weighted by atomic mass is 16.6. The second-order valence-corrected chi connectivity index (χ2v) is 9.95. The number of amides is 2. The summed E-state index contributed by atoms with van der Waals surface area (Å²) in [5, 5.41) is 24.5. The first-order valence-corrected chi connectivity index (χ1v) is 11.0. The van der Waals surface area contributed by atoms with E-state index in [1.54, 1.807) is 32.9 Å². The highest BCUT2D eigenvalue weighted by molar-refractivity contribution is 5.99. The number of fused-ring (bicyclic) bond motifs is 1. The summed E-state index contributed by atoms with van der Waals surface area (Å²) in [5.41, 5.74) is 3.42. The third-order valence-electron chi connectivity index (χ3n) is 6.13. The number of phenolic OH excluding ortho intramolecular Hbond substituents is 1. The zero-order chi connectivity index (χ0) is 24.7.